The van der Waals surface area contributed by atoms with Gasteiger partial charge in [0.2, 0.25) is 0 Å². The van der Waals surface area contributed by atoms with Crippen LogP contribution in [0.5, 0.6) is 5.75 Å². The quantitative estimate of drug-likeness (QED) is 0.234. The van der Waals surface area contributed by atoms with E-state index >= 15 is 0 Å². The van der Waals surface area contributed by atoms with Crippen molar-refractivity contribution in [2.45, 2.75) is 11.8 Å². The number of hydrogen-bond donors (Lipinski definition) is 0. The Hall–Kier alpha value is -4.31. The van der Waals surface area contributed by atoms with Crippen LogP contribution in [-0.4, -0.2) is 25.0 Å². The van der Waals surface area contributed by atoms with E-state index in [0.29, 0.717) is 17.0 Å². The smallest absolute Gasteiger partial charge is 0.339 e. The van der Waals surface area contributed by atoms with Gasteiger partial charge >= 0.3 is 10.1 Å². The molecule has 1 amide bonds. The fraction of sp³-hybridized carbons (Fsp3) is 0.0435. The number of rotatable bonds is 6. The van der Waals surface area contributed by atoms with E-state index in [1.807, 2.05) is 0 Å². The molecular formula is C23H17N3O6S. The van der Waals surface area contributed by atoms with Gasteiger partial charge in [-0.1, -0.05) is 36.4 Å². The van der Waals surface area contributed by atoms with E-state index in [9.17, 15) is 23.3 Å². The Bertz CT molecular complexity index is 1400. The van der Waals surface area contributed by atoms with Crippen LogP contribution < -0.4 is 9.19 Å². The SMILES string of the molecule is CC1=NN(c2ccc([N+](=O)[O-])cc2)C(=O)C1=Cc1ccccc1OS(=O)(=O)c1ccccc1. The molecule has 0 saturated carbocycles. The minimum atomic E-state index is -4.07. The normalized spacial score (nSPS) is 14.9. The van der Waals surface area contributed by atoms with Crippen LogP contribution in [0.25, 0.3) is 6.08 Å². The monoisotopic (exact) mass is 463 g/mol. The molecule has 1 heterocycles. The second-order valence-corrected chi connectivity index (χ2v) is 8.57. The molecule has 33 heavy (non-hydrogen) atoms. The van der Waals surface area contributed by atoms with E-state index in [0.717, 1.165) is 5.01 Å². The van der Waals surface area contributed by atoms with Crippen molar-refractivity contribution < 1.29 is 22.3 Å². The minimum Gasteiger partial charge on any atom is -0.378 e. The van der Waals surface area contributed by atoms with Crippen molar-refractivity contribution in [2.24, 2.45) is 5.10 Å². The van der Waals surface area contributed by atoms with E-state index in [2.05, 4.69) is 5.10 Å². The third-order valence-electron chi connectivity index (χ3n) is 4.82. The average Bonchev–Trinajstić information content (AvgIpc) is 3.09. The summed E-state index contributed by atoms with van der Waals surface area (Å²) in [6, 6.07) is 19.6. The highest BCUT2D eigenvalue weighted by atomic mass is 32.2. The molecule has 0 spiro atoms. The lowest BCUT2D eigenvalue weighted by Gasteiger charge is -2.12. The number of benzene rings is 3. The van der Waals surface area contributed by atoms with E-state index in [1.165, 1.54) is 48.5 Å². The lowest BCUT2D eigenvalue weighted by atomic mass is 10.1. The summed E-state index contributed by atoms with van der Waals surface area (Å²) in [5.74, 6) is -0.398. The number of nitrogens with zero attached hydrogens (tertiary/aromatic N) is 3. The van der Waals surface area contributed by atoms with Gasteiger partial charge in [0.05, 0.1) is 21.9 Å². The molecule has 0 aromatic heterocycles. The summed E-state index contributed by atoms with van der Waals surface area (Å²) in [5, 5.41) is 16.2. The first-order valence-electron chi connectivity index (χ1n) is 9.71. The Balaban J connectivity index is 1.64. The minimum absolute atomic E-state index is 0.00601. The maximum Gasteiger partial charge on any atom is 0.339 e. The van der Waals surface area contributed by atoms with Gasteiger partial charge < -0.3 is 4.18 Å². The molecule has 0 bridgehead atoms. The second-order valence-electron chi connectivity index (χ2n) is 7.02. The van der Waals surface area contributed by atoms with Gasteiger partial charge in [0.15, 0.2) is 0 Å². The molecule has 3 aromatic carbocycles. The molecule has 1 aliphatic rings. The zero-order valence-corrected chi connectivity index (χ0v) is 18.1. The van der Waals surface area contributed by atoms with Crippen molar-refractivity contribution >= 4 is 39.2 Å². The summed E-state index contributed by atoms with van der Waals surface area (Å²) in [6.07, 6.45) is 1.50. The lowest BCUT2D eigenvalue weighted by molar-refractivity contribution is -0.384. The molecule has 0 unspecified atom stereocenters. The fourth-order valence-electron chi connectivity index (χ4n) is 3.16. The summed E-state index contributed by atoms with van der Waals surface area (Å²) in [6.45, 7) is 1.64. The first-order chi connectivity index (χ1) is 15.8. The van der Waals surface area contributed by atoms with Gasteiger partial charge in [-0.2, -0.15) is 18.5 Å². The third-order valence-corrected chi connectivity index (χ3v) is 6.07. The van der Waals surface area contributed by atoms with Crippen LogP contribution in [0.1, 0.15) is 12.5 Å². The number of para-hydroxylation sites is 1. The summed E-state index contributed by atoms with van der Waals surface area (Å²) in [4.78, 5) is 23.3. The highest BCUT2D eigenvalue weighted by molar-refractivity contribution is 7.87. The van der Waals surface area contributed by atoms with Gasteiger partial charge in [0.25, 0.3) is 11.6 Å². The molecule has 10 heteroatoms. The van der Waals surface area contributed by atoms with Crippen LogP contribution in [0.3, 0.4) is 0 Å². The molecular weight excluding hydrogens is 446 g/mol. The second kappa shape index (κ2) is 8.67. The Morgan fingerprint density at radius 1 is 0.970 bits per heavy atom. The van der Waals surface area contributed by atoms with E-state index < -0.39 is 20.9 Å². The fourth-order valence-corrected chi connectivity index (χ4v) is 4.13. The molecule has 3 aromatic rings. The van der Waals surface area contributed by atoms with E-state index in [4.69, 9.17) is 4.18 Å². The van der Waals surface area contributed by atoms with Crippen molar-refractivity contribution in [2.75, 3.05) is 5.01 Å². The topological polar surface area (TPSA) is 119 Å². The molecule has 0 fully saturated rings. The zero-order chi connectivity index (χ0) is 23.6. The largest absolute Gasteiger partial charge is 0.378 e. The maximum atomic E-state index is 13.0. The molecule has 0 aliphatic carbocycles. The molecule has 0 atom stereocenters. The zero-order valence-electron chi connectivity index (χ0n) is 17.3. The summed E-state index contributed by atoms with van der Waals surface area (Å²) in [7, 11) is -4.07. The Morgan fingerprint density at radius 2 is 1.61 bits per heavy atom. The number of carbonyl (C=O) groups excluding carboxylic acids is 1. The van der Waals surface area contributed by atoms with Gasteiger partial charge in [-0.25, -0.2) is 0 Å². The van der Waals surface area contributed by atoms with Crippen LogP contribution in [0.2, 0.25) is 0 Å². The first-order valence-corrected chi connectivity index (χ1v) is 11.1. The number of amides is 1. The predicted octanol–water partition coefficient (Wildman–Crippen LogP) is 4.17. The van der Waals surface area contributed by atoms with Gasteiger partial charge in [-0.15, -0.1) is 0 Å². The highest BCUT2D eigenvalue weighted by Crippen LogP contribution is 2.30. The van der Waals surface area contributed by atoms with E-state index in [1.54, 1.807) is 43.3 Å². The molecule has 1 aliphatic heterocycles. The van der Waals surface area contributed by atoms with Crippen molar-refractivity contribution in [3.05, 3.63) is 100 Å². The van der Waals surface area contributed by atoms with E-state index in [-0.39, 0.29) is 21.9 Å². The first kappa shape index (κ1) is 21.9. The van der Waals surface area contributed by atoms with Crippen LogP contribution >= 0.6 is 0 Å². The number of hydrogen-bond acceptors (Lipinski definition) is 7. The molecule has 166 valence electrons. The van der Waals surface area contributed by atoms with Gasteiger partial charge in [-0.3, -0.25) is 14.9 Å². The highest BCUT2D eigenvalue weighted by Gasteiger charge is 2.29. The Morgan fingerprint density at radius 3 is 2.27 bits per heavy atom. The number of carbonyl (C=O) groups is 1. The number of nitro benzene ring substituents is 1. The summed E-state index contributed by atoms with van der Waals surface area (Å²) in [5.41, 5.74) is 1.28. The predicted molar refractivity (Wildman–Crippen MR) is 122 cm³/mol. The van der Waals surface area contributed by atoms with Crippen molar-refractivity contribution in [3.8, 4) is 5.75 Å². The van der Waals surface area contributed by atoms with Crippen molar-refractivity contribution in [1.29, 1.82) is 0 Å². The Labute approximate surface area is 189 Å². The summed E-state index contributed by atoms with van der Waals surface area (Å²) >= 11 is 0. The number of non-ortho nitro benzene ring substituents is 1. The van der Waals surface area contributed by atoms with Crippen LogP contribution in [0.15, 0.2) is 94.4 Å². The molecule has 0 N–H and O–H groups in total. The van der Waals surface area contributed by atoms with Gasteiger partial charge in [0, 0.05) is 17.7 Å². The molecule has 9 nitrogen and oxygen atoms in total. The lowest BCUT2D eigenvalue weighted by Crippen LogP contribution is -2.21. The van der Waals surface area contributed by atoms with Crippen LogP contribution in [0, 0.1) is 10.1 Å². The van der Waals surface area contributed by atoms with Crippen molar-refractivity contribution in [3.63, 3.8) is 0 Å². The van der Waals surface area contributed by atoms with Crippen LogP contribution in [-0.2, 0) is 14.9 Å². The molecule has 0 saturated heterocycles. The Kier molecular flexibility index (Phi) is 5.76. The van der Waals surface area contributed by atoms with Crippen LogP contribution in [0.4, 0.5) is 11.4 Å². The van der Waals surface area contributed by atoms with Gasteiger partial charge in [-0.05, 0) is 43.3 Å². The molecule has 4 rings (SSSR count). The maximum absolute atomic E-state index is 13.0. The number of anilines is 1. The number of nitro groups is 1. The molecule has 0 radical (unpaired) electrons. The average molecular weight is 463 g/mol. The van der Waals surface area contributed by atoms with Crippen molar-refractivity contribution in [1.82, 2.24) is 0 Å². The number of hydrazone groups is 1. The van der Waals surface area contributed by atoms with Gasteiger partial charge in [0.1, 0.15) is 10.6 Å². The third kappa shape index (κ3) is 4.51. The standard InChI is InChI=1S/C23H17N3O6S/c1-16-21(23(27)25(24-16)18-11-13-19(14-12-18)26(28)29)15-17-7-5-6-10-22(17)32-33(30,31)20-8-3-2-4-9-20/h2-15H,1H3. The summed E-state index contributed by atoms with van der Waals surface area (Å²) < 4.78 is 30.6.